The summed E-state index contributed by atoms with van der Waals surface area (Å²) in [6.45, 7) is 1.84. The monoisotopic (exact) mass is 351 g/mol. The van der Waals surface area contributed by atoms with Crippen molar-refractivity contribution in [1.29, 1.82) is 0 Å². The third-order valence-corrected chi connectivity index (χ3v) is 3.72. The quantitative estimate of drug-likeness (QED) is 0.602. The summed E-state index contributed by atoms with van der Waals surface area (Å²) in [7, 11) is 1.62. The number of hydrogen-bond acceptors (Lipinski definition) is 7. The van der Waals surface area contributed by atoms with Gasteiger partial charge in [0.25, 0.3) is 0 Å². The highest BCUT2D eigenvalue weighted by Crippen LogP contribution is 2.28. The van der Waals surface area contributed by atoms with Gasteiger partial charge in [0.2, 0.25) is 5.95 Å². The highest BCUT2D eigenvalue weighted by molar-refractivity contribution is 5.69. The standard InChI is InChI=1S/C19H21N5O2/c1-13(12-25)21-19-23-16(14-7-9-20-10-8-14)11-18(24-19)22-15-5-3-4-6-17(15)26-2/h3-11,13,25H,12H2,1-2H3,(H2,21,22,23,24)/t13-/m0/s1. The Labute approximate surface area is 152 Å². The molecule has 0 unspecified atom stereocenters. The van der Waals surface area contributed by atoms with Crippen LogP contribution < -0.4 is 15.4 Å². The van der Waals surface area contributed by atoms with Crippen molar-refractivity contribution in [3.8, 4) is 17.0 Å². The average molecular weight is 351 g/mol. The van der Waals surface area contributed by atoms with Crippen molar-refractivity contribution in [3.63, 3.8) is 0 Å². The summed E-state index contributed by atoms with van der Waals surface area (Å²) in [5, 5.41) is 15.7. The first-order chi connectivity index (χ1) is 12.7. The number of benzene rings is 1. The Morgan fingerprint density at radius 1 is 1.12 bits per heavy atom. The zero-order chi connectivity index (χ0) is 18.4. The van der Waals surface area contributed by atoms with E-state index < -0.39 is 0 Å². The molecule has 0 bridgehead atoms. The molecule has 1 aromatic carbocycles. The van der Waals surface area contributed by atoms with Crippen molar-refractivity contribution in [2.24, 2.45) is 0 Å². The molecule has 0 aliphatic carbocycles. The van der Waals surface area contributed by atoms with E-state index in [0.29, 0.717) is 11.8 Å². The predicted octanol–water partition coefficient (Wildman–Crippen LogP) is 3.08. The van der Waals surface area contributed by atoms with Crippen LogP contribution in [0.25, 0.3) is 11.3 Å². The Morgan fingerprint density at radius 2 is 1.88 bits per heavy atom. The fourth-order valence-electron chi connectivity index (χ4n) is 2.40. The smallest absolute Gasteiger partial charge is 0.225 e. The lowest BCUT2D eigenvalue weighted by atomic mass is 10.2. The molecule has 0 spiro atoms. The number of nitrogens with one attached hydrogen (secondary N) is 2. The first-order valence-electron chi connectivity index (χ1n) is 8.26. The number of para-hydroxylation sites is 2. The number of hydrogen-bond donors (Lipinski definition) is 3. The lowest BCUT2D eigenvalue weighted by Crippen LogP contribution is -2.21. The van der Waals surface area contributed by atoms with Crippen molar-refractivity contribution in [1.82, 2.24) is 15.0 Å². The largest absolute Gasteiger partial charge is 0.495 e. The van der Waals surface area contributed by atoms with E-state index in [-0.39, 0.29) is 12.6 Å². The van der Waals surface area contributed by atoms with Crippen LogP contribution in [0, 0.1) is 0 Å². The van der Waals surface area contributed by atoms with Gasteiger partial charge in [0.1, 0.15) is 11.6 Å². The number of anilines is 3. The number of ether oxygens (including phenoxy) is 1. The number of aliphatic hydroxyl groups excluding tert-OH is 1. The molecule has 2 aromatic heterocycles. The normalized spacial score (nSPS) is 11.7. The van der Waals surface area contributed by atoms with Crippen molar-refractivity contribution in [2.75, 3.05) is 24.4 Å². The van der Waals surface area contributed by atoms with Gasteiger partial charge in [0, 0.05) is 30.1 Å². The minimum Gasteiger partial charge on any atom is -0.495 e. The third-order valence-electron chi connectivity index (χ3n) is 3.72. The molecular weight excluding hydrogens is 330 g/mol. The molecule has 3 N–H and O–H groups in total. The molecule has 0 fully saturated rings. The fourth-order valence-corrected chi connectivity index (χ4v) is 2.40. The lowest BCUT2D eigenvalue weighted by Gasteiger charge is -2.15. The lowest BCUT2D eigenvalue weighted by molar-refractivity contribution is 0.281. The van der Waals surface area contributed by atoms with E-state index >= 15 is 0 Å². The van der Waals surface area contributed by atoms with Crippen molar-refractivity contribution >= 4 is 17.5 Å². The fraction of sp³-hybridized carbons (Fsp3) is 0.211. The molecule has 0 saturated carbocycles. The van der Waals surface area contributed by atoms with Gasteiger partial charge in [-0.05, 0) is 31.2 Å². The number of methoxy groups -OCH3 is 1. The Kier molecular flexibility index (Phi) is 5.60. The summed E-state index contributed by atoms with van der Waals surface area (Å²) in [6.07, 6.45) is 3.43. The van der Waals surface area contributed by atoms with E-state index in [2.05, 4.69) is 25.6 Å². The molecule has 134 valence electrons. The summed E-state index contributed by atoms with van der Waals surface area (Å²) >= 11 is 0. The second-order valence-electron chi connectivity index (χ2n) is 5.75. The minimum atomic E-state index is -0.165. The van der Waals surface area contributed by atoms with Crippen LogP contribution in [-0.4, -0.2) is 39.8 Å². The minimum absolute atomic E-state index is 0.0158. The maximum atomic E-state index is 9.30. The Bertz CT molecular complexity index is 858. The van der Waals surface area contributed by atoms with Crippen molar-refractivity contribution in [3.05, 3.63) is 54.9 Å². The van der Waals surface area contributed by atoms with E-state index in [1.165, 1.54) is 0 Å². The summed E-state index contributed by atoms with van der Waals surface area (Å²) < 4.78 is 5.38. The van der Waals surface area contributed by atoms with Gasteiger partial charge in [-0.2, -0.15) is 4.98 Å². The van der Waals surface area contributed by atoms with Gasteiger partial charge in [-0.15, -0.1) is 0 Å². The molecule has 0 aliphatic heterocycles. The molecule has 0 aliphatic rings. The van der Waals surface area contributed by atoms with Crippen molar-refractivity contribution < 1.29 is 9.84 Å². The molecule has 3 rings (SSSR count). The molecule has 7 nitrogen and oxygen atoms in total. The second-order valence-corrected chi connectivity index (χ2v) is 5.75. The second kappa shape index (κ2) is 8.26. The van der Waals surface area contributed by atoms with E-state index in [4.69, 9.17) is 4.74 Å². The Hall–Kier alpha value is -3.19. The SMILES string of the molecule is COc1ccccc1Nc1cc(-c2ccncc2)nc(N[C@@H](C)CO)n1. The average Bonchev–Trinajstić information content (AvgIpc) is 2.69. The molecule has 7 heteroatoms. The van der Waals surface area contributed by atoms with E-state index in [0.717, 1.165) is 22.7 Å². The number of rotatable bonds is 7. The number of aliphatic hydroxyl groups is 1. The summed E-state index contributed by atoms with van der Waals surface area (Å²) in [6, 6.07) is 13.1. The van der Waals surface area contributed by atoms with Crippen LogP contribution in [-0.2, 0) is 0 Å². The van der Waals surface area contributed by atoms with E-state index in [1.54, 1.807) is 19.5 Å². The summed E-state index contributed by atoms with van der Waals surface area (Å²) in [5.74, 6) is 1.76. The van der Waals surface area contributed by atoms with E-state index in [9.17, 15) is 5.11 Å². The highest BCUT2D eigenvalue weighted by Gasteiger charge is 2.11. The Morgan fingerprint density at radius 3 is 2.62 bits per heavy atom. The van der Waals surface area contributed by atoms with Crippen LogP contribution in [0.4, 0.5) is 17.5 Å². The van der Waals surface area contributed by atoms with Gasteiger partial charge in [-0.3, -0.25) is 4.98 Å². The molecular formula is C19H21N5O2. The molecule has 0 saturated heterocycles. The van der Waals surface area contributed by atoms with Gasteiger partial charge in [0.05, 0.1) is 25.1 Å². The first kappa shape index (κ1) is 17.6. The first-order valence-corrected chi connectivity index (χ1v) is 8.26. The molecule has 2 heterocycles. The maximum Gasteiger partial charge on any atom is 0.225 e. The molecule has 3 aromatic rings. The number of pyridine rings is 1. The zero-order valence-electron chi connectivity index (χ0n) is 14.7. The zero-order valence-corrected chi connectivity index (χ0v) is 14.7. The topological polar surface area (TPSA) is 92.2 Å². The molecule has 0 radical (unpaired) electrons. The molecule has 0 amide bonds. The van der Waals surface area contributed by atoms with Crippen LogP contribution in [0.5, 0.6) is 5.75 Å². The van der Waals surface area contributed by atoms with Gasteiger partial charge in [-0.1, -0.05) is 12.1 Å². The van der Waals surface area contributed by atoms with Crippen LogP contribution in [0.1, 0.15) is 6.92 Å². The Balaban J connectivity index is 1.99. The van der Waals surface area contributed by atoms with Crippen LogP contribution >= 0.6 is 0 Å². The van der Waals surface area contributed by atoms with Gasteiger partial charge in [-0.25, -0.2) is 4.98 Å². The summed E-state index contributed by atoms with van der Waals surface area (Å²) in [4.78, 5) is 13.1. The van der Waals surface area contributed by atoms with E-state index in [1.807, 2.05) is 49.4 Å². The number of aromatic nitrogens is 3. The molecule has 1 atom stereocenters. The molecule has 26 heavy (non-hydrogen) atoms. The van der Waals surface area contributed by atoms with Crippen LogP contribution in [0.3, 0.4) is 0 Å². The highest BCUT2D eigenvalue weighted by atomic mass is 16.5. The predicted molar refractivity (Wildman–Crippen MR) is 102 cm³/mol. The van der Waals surface area contributed by atoms with Crippen LogP contribution in [0.2, 0.25) is 0 Å². The third kappa shape index (κ3) is 4.25. The van der Waals surface area contributed by atoms with Crippen LogP contribution in [0.15, 0.2) is 54.9 Å². The summed E-state index contributed by atoms with van der Waals surface area (Å²) in [5.41, 5.74) is 2.47. The van der Waals surface area contributed by atoms with Crippen molar-refractivity contribution in [2.45, 2.75) is 13.0 Å². The van der Waals surface area contributed by atoms with Gasteiger partial charge >= 0.3 is 0 Å². The maximum absolute atomic E-state index is 9.30. The number of nitrogens with zero attached hydrogens (tertiary/aromatic N) is 3. The van der Waals surface area contributed by atoms with Gasteiger partial charge in [0.15, 0.2) is 0 Å². The van der Waals surface area contributed by atoms with Gasteiger partial charge < -0.3 is 20.5 Å².